The minimum absolute atomic E-state index is 0.0165. The monoisotopic (exact) mass is 321 g/mol. The Hall–Kier alpha value is -1.41. The standard InChI is InChI=1S/C13H23NO6S/c1-5-19-11(15)6-7-12(16)20-9-8-14-21(17,18)10-13(2,3)4/h6-7,14H,5,8-10H2,1-4H3/b7-6+. The second kappa shape index (κ2) is 8.78. The van der Waals surface area contributed by atoms with Gasteiger partial charge in [-0.05, 0) is 12.3 Å². The molecular formula is C13H23NO6S. The van der Waals surface area contributed by atoms with Gasteiger partial charge in [0.2, 0.25) is 10.0 Å². The van der Waals surface area contributed by atoms with Crippen molar-refractivity contribution in [3.8, 4) is 0 Å². The first-order valence-electron chi connectivity index (χ1n) is 6.54. The maximum atomic E-state index is 11.7. The second-order valence-corrected chi connectivity index (χ2v) is 7.27. The van der Waals surface area contributed by atoms with Crippen molar-refractivity contribution < 1.29 is 27.5 Å². The highest BCUT2D eigenvalue weighted by atomic mass is 32.2. The van der Waals surface area contributed by atoms with E-state index < -0.39 is 22.0 Å². The minimum atomic E-state index is -3.40. The molecule has 8 heteroatoms. The first-order chi connectivity index (χ1) is 9.56. The van der Waals surface area contributed by atoms with Gasteiger partial charge >= 0.3 is 11.9 Å². The summed E-state index contributed by atoms with van der Waals surface area (Å²) in [5.41, 5.74) is -0.356. The van der Waals surface area contributed by atoms with Gasteiger partial charge in [0.15, 0.2) is 0 Å². The third kappa shape index (κ3) is 12.1. The van der Waals surface area contributed by atoms with Crippen LogP contribution in [0.25, 0.3) is 0 Å². The Bertz CT molecular complexity index is 475. The number of hydrogen-bond acceptors (Lipinski definition) is 6. The molecule has 0 aliphatic carbocycles. The summed E-state index contributed by atoms with van der Waals surface area (Å²) >= 11 is 0. The molecule has 0 aromatic carbocycles. The van der Waals surface area contributed by atoms with Gasteiger partial charge in [-0.1, -0.05) is 20.8 Å². The summed E-state index contributed by atoms with van der Waals surface area (Å²) < 4.78 is 35.0. The van der Waals surface area contributed by atoms with Crippen LogP contribution in [-0.2, 0) is 29.1 Å². The molecule has 0 bridgehead atoms. The third-order valence-corrected chi connectivity index (χ3v) is 3.82. The highest BCUT2D eigenvalue weighted by Crippen LogP contribution is 2.14. The van der Waals surface area contributed by atoms with Crippen LogP contribution in [-0.4, -0.2) is 45.9 Å². The Morgan fingerprint density at radius 1 is 1.10 bits per heavy atom. The number of carbonyl (C=O) groups is 2. The van der Waals surface area contributed by atoms with Gasteiger partial charge in [-0.3, -0.25) is 0 Å². The maximum Gasteiger partial charge on any atom is 0.331 e. The lowest BCUT2D eigenvalue weighted by Crippen LogP contribution is -2.34. The molecule has 0 amide bonds. The summed E-state index contributed by atoms with van der Waals surface area (Å²) in [6.45, 7) is 7.17. The molecule has 0 unspecified atom stereocenters. The molecule has 0 atom stereocenters. The van der Waals surface area contributed by atoms with Gasteiger partial charge in [-0.15, -0.1) is 0 Å². The number of carbonyl (C=O) groups excluding carboxylic acids is 2. The van der Waals surface area contributed by atoms with E-state index in [1.165, 1.54) is 0 Å². The van der Waals surface area contributed by atoms with Crippen LogP contribution in [0.5, 0.6) is 0 Å². The summed E-state index contributed by atoms with van der Waals surface area (Å²) in [5, 5.41) is 0. The number of hydrogen-bond donors (Lipinski definition) is 1. The van der Waals surface area contributed by atoms with E-state index in [9.17, 15) is 18.0 Å². The molecule has 0 saturated carbocycles. The average molecular weight is 321 g/mol. The van der Waals surface area contributed by atoms with E-state index in [1.54, 1.807) is 6.92 Å². The van der Waals surface area contributed by atoms with E-state index in [0.717, 1.165) is 12.2 Å². The molecule has 0 aliphatic rings. The Kier molecular flexibility index (Phi) is 8.19. The summed E-state index contributed by atoms with van der Waals surface area (Å²) in [6.07, 6.45) is 1.89. The van der Waals surface area contributed by atoms with Crippen molar-refractivity contribution >= 4 is 22.0 Å². The molecule has 0 radical (unpaired) electrons. The largest absolute Gasteiger partial charge is 0.463 e. The topological polar surface area (TPSA) is 98.8 Å². The first kappa shape index (κ1) is 19.6. The fraction of sp³-hybridized carbons (Fsp3) is 0.692. The molecule has 0 fully saturated rings. The van der Waals surface area contributed by atoms with E-state index >= 15 is 0 Å². The summed E-state index contributed by atoms with van der Waals surface area (Å²) in [6, 6.07) is 0. The van der Waals surface area contributed by atoms with Gasteiger partial charge in [-0.2, -0.15) is 0 Å². The van der Waals surface area contributed by atoms with Crippen molar-refractivity contribution in [3.05, 3.63) is 12.2 Å². The number of nitrogens with one attached hydrogen (secondary N) is 1. The lowest BCUT2D eigenvalue weighted by atomic mass is 10.0. The Morgan fingerprint density at radius 2 is 1.62 bits per heavy atom. The maximum absolute atomic E-state index is 11.7. The predicted octanol–water partition coefficient (Wildman–Crippen LogP) is 0.614. The summed E-state index contributed by atoms with van der Waals surface area (Å²) in [7, 11) is -3.40. The van der Waals surface area contributed by atoms with Crippen molar-refractivity contribution in [1.29, 1.82) is 0 Å². The second-order valence-electron chi connectivity index (χ2n) is 5.47. The van der Waals surface area contributed by atoms with Crippen LogP contribution >= 0.6 is 0 Å². The number of rotatable bonds is 8. The van der Waals surface area contributed by atoms with Crippen LogP contribution < -0.4 is 4.72 Å². The van der Waals surface area contributed by atoms with E-state index in [-0.39, 0.29) is 30.9 Å². The Morgan fingerprint density at radius 3 is 2.10 bits per heavy atom. The van der Waals surface area contributed by atoms with Crippen LogP contribution in [0.4, 0.5) is 0 Å². The summed E-state index contributed by atoms with van der Waals surface area (Å²) in [4.78, 5) is 22.1. The van der Waals surface area contributed by atoms with Crippen LogP contribution in [0, 0.1) is 5.41 Å². The Labute approximate surface area is 125 Å². The van der Waals surface area contributed by atoms with Crippen LogP contribution in [0.3, 0.4) is 0 Å². The van der Waals surface area contributed by atoms with Crippen molar-refractivity contribution in [2.75, 3.05) is 25.5 Å². The van der Waals surface area contributed by atoms with Crippen molar-refractivity contribution in [1.82, 2.24) is 4.72 Å². The van der Waals surface area contributed by atoms with Gasteiger partial charge in [0.25, 0.3) is 0 Å². The smallest absolute Gasteiger partial charge is 0.331 e. The molecule has 21 heavy (non-hydrogen) atoms. The molecule has 0 aliphatic heterocycles. The lowest BCUT2D eigenvalue weighted by Gasteiger charge is -2.18. The zero-order valence-electron chi connectivity index (χ0n) is 12.8. The lowest BCUT2D eigenvalue weighted by molar-refractivity contribution is -0.140. The third-order valence-electron chi connectivity index (χ3n) is 1.93. The van der Waals surface area contributed by atoms with Crippen molar-refractivity contribution in [3.63, 3.8) is 0 Å². The van der Waals surface area contributed by atoms with Crippen LogP contribution in [0.2, 0.25) is 0 Å². The fourth-order valence-corrected chi connectivity index (χ4v) is 2.98. The van der Waals surface area contributed by atoms with E-state index in [2.05, 4.69) is 9.46 Å². The van der Waals surface area contributed by atoms with Gasteiger partial charge in [0.05, 0.1) is 12.4 Å². The molecule has 1 N–H and O–H groups in total. The van der Waals surface area contributed by atoms with Crippen molar-refractivity contribution in [2.45, 2.75) is 27.7 Å². The molecular weight excluding hydrogens is 298 g/mol. The van der Waals surface area contributed by atoms with E-state index in [4.69, 9.17) is 4.74 Å². The predicted molar refractivity (Wildman–Crippen MR) is 78.0 cm³/mol. The van der Waals surface area contributed by atoms with Gasteiger partial charge in [-0.25, -0.2) is 22.7 Å². The van der Waals surface area contributed by atoms with E-state index in [0.29, 0.717) is 0 Å². The Balaban J connectivity index is 4.00. The SMILES string of the molecule is CCOC(=O)/C=C/C(=O)OCCNS(=O)(=O)CC(C)(C)C. The number of sulfonamides is 1. The molecule has 0 rings (SSSR count). The molecule has 0 heterocycles. The normalized spacial score (nSPS) is 12.4. The van der Waals surface area contributed by atoms with Gasteiger partial charge < -0.3 is 9.47 Å². The quantitative estimate of drug-likeness (QED) is 0.400. The van der Waals surface area contributed by atoms with Crippen LogP contribution in [0.15, 0.2) is 12.2 Å². The molecule has 0 spiro atoms. The zero-order chi connectivity index (χ0) is 16.5. The molecule has 0 aromatic heterocycles. The molecule has 122 valence electrons. The van der Waals surface area contributed by atoms with E-state index in [1.807, 2.05) is 20.8 Å². The average Bonchev–Trinajstić information content (AvgIpc) is 2.29. The highest BCUT2D eigenvalue weighted by Gasteiger charge is 2.20. The molecule has 0 saturated heterocycles. The minimum Gasteiger partial charge on any atom is -0.463 e. The highest BCUT2D eigenvalue weighted by molar-refractivity contribution is 7.89. The van der Waals surface area contributed by atoms with Crippen molar-refractivity contribution in [2.24, 2.45) is 5.41 Å². The molecule has 7 nitrogen and oxygen atoms in total. The van der Waals surface area contributed by atoms with Gasteiger partial charge in [0.1, 0.15) is 6.61 Å². The first-order valence-corrected chi connectivity index (χ1v) is 8.20. The summed E-state index contributed by atoms with van der Waals surface area (Å²) in [5.74, 6) is -1.39. The fourth-order valence-electron chi connectivity index (χ4n) is 1.34. The van der Waals surface area contributed by atoms with Crippen LogP contribution in [0.1, 0.15) is 27.7 Å². The number of esters is 2. The van der Waals surface area contributed by atoms with Gasteiger partial charge in [0, 0.05) is 18.7 Å². The molecule has 0 aromatic rings. The zero-order valence-corrected chi connectivity index (χ0v) is 13.7. The number of ether oxygens (including phenoxy) is 2.